The number of fused-ring (bicyclic) bond motifs is 3. The average Bonchev–Trinajstić information content (AvgIpc) is 2.43. The Balaban J connectivity index is 1.73. The summed E-state index contributed by atoms with van der Waals surface area (Å²) < 4.78 is 0. The van der Waals surface area contributed by atoms with Gasteiger partial charge in [0.1, 0.15) is 5.75 Å². The van der Waals surface area contributed by atoms with Gasteiger partial charge in [0.25, 0.3) is 5.91 Å². The number of phenolic OH excluding ortho intramolecular Hbond substituents is 1. The van der Waals surface area contributed by atoms with Gasteiger partial charge >= 0.3 is 0 Å². The van der Waals surface area contributed by atoms with Gasteiger partial charge in [0.2, 0.25) is 0 Å². The molecule has 5 heteroatoms. The Hall–Kier alpha value is -1.26. The van der Waals surface area contributed by atoms with E-state index < -0.39 is 0 Å². The molecule has 0 aliphatic carbocycles. The first-order valence-corrected chi connectivity index (χ1v) is 7.03. The minimum Gasteiger partial charge on any atom is -0.507 e. The SMILES string of the molecule is O=C(NC1CN2CCC1CC2)c1cc(Cl)ccc1O. The molecule has 4 nitrogen and oxygen atoms in total. The van der Waals surface area contributed by atoms with E-state index in [9.17, 15) is 9.90 Å². The van der Waals surface area contributed by atoms with E-state index in [4.69, 9.17) is 11.6 Å². The van der Waals surface area contributed by atoms with Gasteiger partial charge in [0, 0.05) is 17.6 Å². The zero-order valence-electron chi connectivity index (χ0n) is 10.6. The summed E-state index contributed by atoms with van der Waals surface area (Å²) >= 11 is 5.87. The molecule has 3 aliphatic heterocycles. The van der Waals surface area contributed by atoms with Gasteiger partial charge in [-0.25, -0.2) is 0 Å². The minimum absolute atomic E-state index is 0.0248. The lowest BCUT2D eigenvalue weighted by Gasteiger charge is -2.44. The summed E-state index contributed by atoms with van der Waals surface area (Å²) in [6.45, 7) is 3.19. The number of piperidine rings is 3. The van der Waals surface area contributed by atoms with E-state index in [2.05, 4.69) is 10.2 Å². The maximum absolute atomic E-state index is 12.2. The fraction of sp³-hybridized carbons (Fsp3) is 0.500. The number of hydrogen-bond donors (Lipinski definition) is 2. The summed E-state index contributed by atoms with van der Waals surface area (Å²) in [5, 5.41) is 13.2. The Morgan fingerprint density at radius 3 is 2.74 bits per heavy atom. The number of rotatable bonds is 2. The summed E-state index contributed by atoms with van der Waals surface area (Å²) in [5.74, 6) is 0.303. The zero-order valence-corrected chi connectivity index (χ0v) is 11.4. The molecule has 1 atom stereocenters. The molecule has 0 radical (unpaired) electrons. The topological polar surface area (TPSA) is 52.6 Å². The van der Waals surface area contributed by atoms with E-state index in [1.807, 2.05) is 0 Å². The predicted molar refractivity (Wildman–Crippen MR) is 73.5 cm³/mol. The molecular formula is C14H17ClN2O2. The van der Waals surface area contributed by atoms with E-state index in [1.54, 1.807) is 6.07 Å². The van der Waals surface area contributed by atoms with Crippen LogP contribution in [0.1, 0.15) is 23.2 Å². The molecular weight excluding hydrogens is 264 g/mol. The molecule has 102 valence electrons. The van der Waals surface area contributed by atoms with Crippen LogP contribution >= 0.6 is 11.6 Å². The lowest BCUT2D eigenvalue weighted by Crippen LogP contribution is -2.57. The van der Waals surface area contributed by atoms with Crippen LogP contribution in [0.5, 0.6) is 5.75 Å². The number of aromatic hydroxyl groups is 1. The minimum atomic E-state index is -0.237. The van der Waals surface area contributed by atoms with Crippen LogP contribution in [0.15, 0.2) is 18.2 Å². The van der Waals surface area contributed by atoms with Gasteiger partial charge in [-0.3, -0.25) is 4.79 Å². The highest BCUT2D eigenvalue weighted by Gasteiger charge is 2.35. The summed E-state index contributed by atoms with van der Waals surface area (Å²) in [4.78, 5) is 14.6. The van der Waals surface area contributed by atoms with Gasteiger partial charge < -0.3 is 15.3 Å². The number of nitrogens with one attached hydrogen (secondary N) is 1. The van der Waals surface area contributed by atoms with Gasteiger partial charge in [0.15, 0.2) is 0 Å². The Morgan fingerprint density at radius 1 is 1.37 bits per heavy atom. The van der Waals surface area contributed by atoms with E-state index in [0.29, 0.717) is 10.9 Å². The average molecular weight is 281 g/mol. The smallest absolute Gasteiger partial charge is 0.255 e. The molecule has 0 saturated carbocycles. The molecule has 3 fully saturated rings. The monoisotopic (exact) mass is 280 g/mol. The summed E-state index contributed by atoms with van der Waals surface area (Å²) in [6.07, 6.45) is 2.29. The number of amides is 1. The highest BCUT2D eigenvalue weighted by molar-refractivity contribution is 6.31. The van der Waals surface area contributed by atoms with Crippen molar-refractivity contribution in [2.45, 2.75) is 18.9 Å². The van der Waals surface area contributed by atoms with Gasteiger partial charge in [0.05, 0.1) is 5.56 Å². The Kier molecular flexibility index (Phi) is 3.37. The van der Waals surface area contributed by atoms with Crippen molar-refractivity contribution in [3.63, 3.8) is 0 Å². The van der Waals surface area contributed by atoms with Crippen molar-refractivity contribution in [1.82, 2.24) is 10.2 Å². The largest absolute Gasteiger partial charge is 0.507 e. The van der Waals surface area contributed by atoms with Crippen LogP contribution in [0.25, 0.3) is 0 Å². The van der Waals surface area contributed by atoms with E-state index in [0.717, 1.165) is 32.5 Å². The third-order valence-corrected chi connectivity index (χ3v) is 4.41. The fourth-order valence-corrected chi connectivity index (χ4v) is 3.24. The third-order valence-electron chi connectivity index (χ3n) is 4.18. The van der Waals surface area contributed by atoms with Crippen molar-refractivity contribution in [1.29, 1.82) is 0 Å². The Bertz CT molecular complexity index is 498. The molecule has 1 amide bonds. The molecule has 3 saturated heterocycles. The van der Waals surface area contributed by atoms with Crippen LogP contribution in [0, 0.1) is 5.92 Å². The van der Waals surface area contributed by atoms with Crippen LogP contribution in [-0.4, -0.2) is 41.6 Å². The number of carbonyl (C=O) groups is 1. The molecule has 0 spiro atoms. The highest BCUT2D eigenvalue weighted by atomic mass is 35.5. The Morgan fingerprint density at radius 2 is 2.11 bits per heavy atom. The van der Waals surface area contributed by atoms with Crippen LogP contribution < -0.4 is 5.32 Å². The molecule has 1 aromatic carbocycles. The fourth-order valence-electron chi connectivity index (χ4n) is 3.06. The maximum Gasteiger partial charge on any atom is 0.255 e. The lowest BCUT2D eigenvalue weighted by atomic mass is 9.84. The summed E-state index contributed by atoms with van der Waals surface area (Å²) in [5.41, 5.74) is 0.254. The van der Waals surface area contributed by atoms with E-state index >= 15 is 0 Å². The molecule has 1 aromatic rings. The van der Waals surface area contributed by atoms with Crippen molar-refractivity contribution < 1.29 is 9.90 Å². The molecule has 2 bridgehead atoms. The van der Waals surface area contributed by atoms with Crippen LogP contribution in [0.3, 0.4) is 0 Å². The number of phenols is 1. The Labute approximate surface area is 117 Å². The molecule has 3 aliphatic rings. The van der Waals surface area contributed by atoms with Gasteiger partial charge in [-0.1, -0.05) is 11.6 Å². The predicted octanol–water partition coefficient (Wildman–Crippen LogP) is 1.87. The molecule has 2 N–H and O–H groups in total. The second kappa shape index (κ2) is 5.02. The number of benzene rings is 1. The van der Waals surface area contributed by atoms with Gasteiger partial charge in [-0.05, 0) is 50.0 Å². The first-order chi connectivity index (χ1) is 9.13. The standard InChI is InChI=1S/C14H17ClN2O2/c15-10-1-2-13(18)11(7-10)14(19)16-12-8-17-5-3-9(12)4-6-17/h1-2,7,9,12,18H,3-6,8H2,(H,16,19). The first kappa shape index (κ1) is 12.8. The van der Waals surface area contributed by atoms with Gasteiger partial charge in [-0.15, -0.1) is 0 Å². The molecule has 0 aromatic heterocycles. The number of carbonyl (C=O) groups excluding carboxylic acids is 1. The van der Waals surface area contributed by atoms with Crippen molar-refractivity contribution in [3.05, 3.63) is 28.8 Å². The molecule has 19 heavy (non-hydrogen) atoms. The van der Waals surface area contributed by atoms with Crippen molar-refractivity contribution in [2.24, 2.45) is 5.92 Å². The van der Waals surface area contributed by atoms with Crippen LogP contribution in [-0.2, 0) is 0 Å². The normalized spacial score (nSPS) is 29.2. The molecule has 4 rings (SSSR count). The number of nitrogens with zero attached hydrogens (tertiary/aromatic N) is 1. The summed E-state index contributed by atoms with van der Waals surface area (Å²) in [6, 6.07) is 4.72. The quantitative estimate of drug-likeness (QED) is 0.870. The molecule has 1 unspecified atom stereocenters. The van der Waals surface area contributed by atoms with Gasteiger partial charge in [-0.2, -0.15) is 0 Å². The van der Waals surface area contributed by atoms with Crippen molar-refractivity contribution >= 4 is 17.5 Å². The van der Waals surface area contributed by atoms with Crippen molar-refractivity contribution in [2.75, 3.05) is 19.6 Å². The first-order valence-electron chi connectivity index (χ1n) is 6.65. The maximum atomic E-state index is 12.2. The highest BCUT2D eigenvalue weighted by Crippen LogP contribution is 2.28. The van der Waals surface area contributed by atoms with Crippen LogP contribution in [0.4, 0.5) is 0 Å². The van der Waals surface area contributed by atoms with Crippen molar-refractivity contribution in [3.8, 4) is 5.75 Å². The number of hydrogen-bond acceptors (Lipinski definition) is 3. The van der Waals surface area contributed by atoms with E-state index in [1.165, 1.54) is 12.1 Å². The zero-order chi connectivity index (χ0) is 13.4. The second-order valence-electron chi connectivity index (χ2n) is 5.38. The third kappa shape index (κ3) is 2.55. The van der Waals surface area contributed by atoms with Crippen LogP contribution in [0.2, 0.25) is 5.02 Å². The lowest BCUT2D eigenvalue weighted by molar-refractivity contribution is 0.0619. The number of halogens is 1. The summed E-state index contributed by atoms with van der Waals surface area (Å²) in [7, 11) is 0. The second-order valence-corrected chi connectivity index (χ2v) is 5.82. The van der Waals surface area contributed by atoms with E-state index in [-0.39, 0.29) is 23.3 Å². The molecule has 3 heterocycles.